The predicted molar refractivity (Wildman–Crippen MR) is 87.0 cm³/mol. The van der Waals surface area contributed by atoms with Crippen molar-refractivity contribution in [3.63, 3.8) is 0 Å². The lowest BCUT2D eigenvalue weighted by atomic mass is 10.1. The lowest BCUT2D eigenvalue weighted by Gasteiger charge is -2.12. The Labute approximate surface area is 145 Å². The van der Waals surface area contributed by atoms with Gasteiger partial charge < -0.3 is 5.32 Å². The van der Waals surface area contributed by atoms with Crippen LogP contribution in [0.4, 0.5) is 23.2 Å². The third-order valence-electron chi connectivity index (χ3n) is 2.95. The van der Waals surface area contributed by atoms with Crippen LogP contribution in [0.15, 0.2) is 47.4 Å². The first-order valence-corrected chi connectivity index (χ1v) is 8.14. The largest absolute Gasteiger partial charge is 0.398 e. The van der Waals surface area contributed by atoms with Crippen molar-refractivity contribution in [1.29, 1.82) is 0 Å². The Morgan fingerprint density at radius 3 is 2.50 bits per heavy atom. The van der Waals surface area contributed by atoms with Crippen molar-refractivity contribution >= 4 is 35.0 Å². The highest BCUT2D eigenvalue weighted by atomic mass is 35.5. The monoisotopic (exact) mass is 377 g/mol. The average molecular weight is 378 g/mol. The van der Waals surface area contributed by atoms with Crippen LogP contribution in [0.2, 0.25) is 5.02 Å². The van der Waals surface area contributed by atoms with Gasteiger partial charge in [-0.25, -0.2) is 4.39 Å². The number of amides is 1. The summed E-state index contributed by atoms with van der Waals surface area (Å²) in [6, 6.07) is 10.2. The van der Waals surface area contributed by atoms with Crippen molar-refractivity contribution in [1.82, 2.24) is 0 Å². The first kappa shape index (κ1) is 18.6. The van der Waals surface area contributed by atoms with Crippen LogP contribution in [0.1, 0.15) is 5.56 Å². The van der Waals surface area contributed by atoms with E-state index >= 15 is 0 Å². The molecule has 1 amide bonds. The molecule has 0 saturated heterocycles. The normalized spacial score (nSPS) is 11.4. The topological polar surface area (TPSA) is 29.1 Å². The van der Waals surface area contributed by atoms with Gasteiger partial charge in [0.05, 0.1) is 17.9 Å². The van der Waals surface area contributed by atoms with E-state index in [0.717, 1.165) is 0 Å². The number of alkyl halides is 3. The van der Waals surface area contributed by atoms with Crippen molar-refractivity contribution in [2.75, 3.05) is 11.1 Å². The third kappa shape index (κ3) is 5.42. The fourth-order valence-corrected chi connectivity index (χ4v) is 2.91. The van der Waals surface area contributed by atoms with Gasteiger partial charge in [0.15, 0.2) is 0 Å². The minimum atomic E-state index is -4.32. The number of carbonyl (C=O) groups is 1. The van der Waals surface area contributed by atoms with E-state index < -0.39 is 23.7 Å². The second kappa shape index (κ2) is 7.90. The fourth-order valence-electron chi connectivity index (χ4n) is 1.91. The molecule has 24 heavy (non-hydrogen) atoms. The van der Waals surface area contributed by atoms with Crippen LogP contribution in [0, 0.1) is 5.82 Å². The quantitative estimate of drug-likeness (QED) is 0.564. The number of nitrogens with one attached hydrogen (secondary N) is 1. The number of thioether (sulfide) groups is 1. The number of hydrogen-bond acceptors (Lipinski definition) is 2. The zero-order valence-electron chi connectivity index (χ0n) is 12.2. The lowest BCUT2D eigenvalue weighted by Crippen LogP contribution is -2.16. The van der Waals surface area contributed by atoms with Crippen LogP contribution >= 0.6 is 23.4 Å². The molecule has 8 heteroatoms. The van der Waals surface area contributed by atoms with E-state index in [1.54, 1.807) is 12.1 Å². The van der Waals surface area contributed by atoms with Gasteiger partial charge in [0, 0.05) is 15.5 Å². The first-order chi connectivity index (χ1) is 11.3. The molecule has 0 heterocycles. The summed E-state index contributed by atoms with van der Waals surface area (Å²) in [6.45, 7) is 0. The molecule has 2 aromatic carbocycles. The summed E-state index contributed by atoms with van der Waals surface area (Å²) in [5, 5.41) is 2.61. The van der Waals surface area contributed by atoms with Gasteiger partial charge in [-0.2, -0.15) is 13.2 Å². The molecule has 0 aliphatic carbocycles. The SMILES string of the molecule is O=C(Cc1c(F)cccc1Cl)Nc1ccccc1SCC(F)(F)F. The molecule has 2 rings (SSSR count). The molecule has 0 spiro atoms. The number of carbonyl (C=O) groups excluding carboxylic acids is 1. The Hall–Kier alpha value is -1.73. The fraction of sp³-hybridized carbons (Fsp3) is 0.188. The summed E-state index contributed by atoms with van der Waals surface area (Å²) in [7, 11) is 0. The third-order valence-corrected chi connectivity index (χ3v) is 4.44. The Morgan fingerprint density at radius 2 is 1.83 bits per heavy atom. The second-order valence-corrected chi connectivity index (χ2v) is 6.25. The van der Waals surface area contributed by atoms with Gasteiger partial charge in [0.1, 0.15) is 5.82 Å². The Balaban J connectivity index is 2.09. The molecule has 2 aromatic rings. The standard InChI is InChI=1S/C16H12ClF4NOS/c17-11-4-3-5-12(18)10(11)8-15(23)22-13-6-1-2-7-14(13)24-9-16(19,20)21/h1-7H,8-9H2,(H,22,23). The van der Waals surface area contributed by atoms with Gasteiger partial charge in [0.25, 0.3) is 0 Å². The number of benzene rings is 2. The second-order valence-electron chi connectivity index (χ2n) is 4.83. The predicted octanol–water partition coefficient (Wildman–Crippen LogP) is 5.31. The van der Waals surface area contributed by atoms with Crippen LogP contribution < -0.4 is 5.32 Å². The van der Waals surface area contributed by atoms with E-state index in [-0.39, 0.29) is 27.6 Å². The van der Waals surface area contributed by atoms with Gasteiger partial charge in [-0.1, -0.05) is 29.8 Å². The zero-order chi connectivity index (χ0) is 17.7. The molecule has 0 aromatic heterocycles. The molecule has 0 aliphatic rings. The Bertz CT molecular complexity index is 716. The number of para-hydroxylation sites is 1. The molecule has 0 saturated carbocycles. The molecular weight excluding hydrogens is 366 g/mol. The highest BCUT2D eigenvalue weighted by Gasteiger charge is 2.27. The molecular formula is C16H12ClF4NOS. The molecule has 0 fully saturated rings. The summed E-state index contributed by atoms with van der Waals surface area (Å²) >= 11 is 6.43. The maximum atomic E-state index is 13.7. The van der Waals surface area contributed by atoms with Gasteiger partial charge in [0.2, 0.25) is 5.91 Å². The molecule has 0 bridgehead atoms. The number of anilines is 1. The molecule has 1 N–H and O–H groups in total. The summed E-state index contributed by atoms with van der Waals surface area (Å²) in [6.07, 6.45) is -4.63. The van der Waals surface area contributed by atoms with Crippen molar-refractivity contribution in [3.05, 3.63) is 58.9 Å². The van der Waals surface area contributed by atoms with Crippen LogP contribution in [0.5, 0.6) is 0 Å². The Morgan fingerprint density at radius 1 is 1.12 bits per heavy atom. The summed E-state index contributed by atoms with van der Waals surface area (Å²) in [5.41, 5.74) is 0.279. The van der Waals surface area contributed by atoms with Crippen molar-refractivity contribution < 1.29 is 22.4 Å². The maximum absolute atomic E-state index is 13.7. The summed E-state index contributed by atoms with van der Waals surface area (Å²) in [4.78, 5) is 12.4. The van der Waals surface area contributed by atoms with Gasteiger partial charge >= 0.3 is 6.18 Å². The van der Waals surface area contributed by atoms with Gasteiger partial charge in [-0.15, -0.1) is 11.8 Å². The summed E-state index contributed by atoms with van der Waals surface area (Å²) < 4.78 is 50.7. The molecule has 0 radical (unpaired) electrons. The molecule has 0 aliphatic heterocycles. The van der Waals surface area contributed by atoms with Crippen LogP contribution in [0.25, 0.3) is 0 Å². The van der Waals surface area contributed by atoms with E-state index in [1.165, 1.54) is 30.3 Å². The summed E-state index contributed by atoms with van der Waals surface area (Å²) in [5.74, 6) is -2.25. The highest BCUT2D eigenvalue weighted by molar-refractivity contribution is 7.99. The molecule has 128 valence electrons. The average Bonchev–Trinajstić information content (AvgIpc) is 2.49. The molecule has 0 atom stereocenters. The highest BCUT2D eigenvalue weighted by Crippen LogP contribution is 2.32. The Kier molecular flexibility index (Phi) is 6.12. The number of rotatable bonds is 5. The smallest absolute Gasteiger partial charge is 0.325 e. The van der Waals surface area contributed by atoms with Gasteiger partial charge in [-0.05, 0) is 24.3 Å². The molecule has 0 unspecified atom stereocenters. The number of hydrogen-bond donors (Lipinski definition) is 1. The van der Waals surface area contributed by atoms with E-state index in [0.29, 0.717) is 11.8 Å². The van der Waals surface area contributed by atoms with Crippen LogP contribution in [-0.2, 0) is 11.2 Å². The van der Waals surface area contributed by atoms with Crippen LogP contribution in [0.3, 0.4) is 0 Å². The zero-order valence-corrected chi connectivity index (χ0v) is 13.7. The van der Waals surface area contributed by atoms with E-state index in [9.17, 15) is 22.4 Å². The minimum Gasteiger partial charge on any atom is -0.325 e. The minimum absolute atomic E-state index is 0.0390. The van der Waals surface area contributed by atoms with Crippen molar-refractivity contribution in [2.45, 2.75) is 17.5 Å². The van der Waals surface area contributed by atoms with Crippen LogP contribution in [-0.4, -0.2) is 17.8 Å². The van der Waals surface area contributed by atoms with Crippen molar-refractivity contribution in [3.8, 4) is 0 Å². The van der Waals surface area contributed by atoms with Crippen molar-refractivity contribution in [2.24, 2.45) is 0 Å². The lowest BCUT2D eigenvalue weighted by molar-refractivity contribution is -0.115. The maximum Gasteiger partial charge on any atom is 0.398 e. The van der Waals surface area contributed by atoms with Gasteiger partial charge in [-0.3, -0.25) is 4.79 Å². The van der Waals surface area contributed by atoms with E-state index in [2.05, 4.69) is 5.32 Å². The van der Waals surface area contributed by atoms with E-state index in [1.807, 2.05) is 0 Å². The molecule has 2 nitrogen and oxygen atoms in total. The first-order valence-electron chi connectivity index (χ1n) is 6.77. The number of halogens is 5. The van der Waals surface area contributed by atoms with E-state index in [4.69, 9.17) is 11.6 Å².